The summed E-state index contributed by atoms with van der Waals surface area (Å²) < 4.78 is 64.6. The van der Waals surface area contributed by atoms with E-state index in [1.807, 2.05) is 0 Å². The van der Waals surface area contributed by atoms with E-state index in [9.17, 15) is 41.3 Å². The van der Waals surface area contributed by atoms with Gasteiger partial charge < -0.3 is 10.1 Å². The molecular formula is C13H13F3N2O7S. The first-order valence-electron chi connectivity index (χ1n) is 6.83. The molecule has 1 aromatic carbocycles. The summed E-state index contributed by atoms with van der Waals surface area (Å²) in [7, 11) is -4.27. The van der Waals surface area contributed by atoms with Gasteiger partial charge in [0.2, 0.25) is 0 Å². The van der Waals surface area contributed by atoms with Crippen molar-refractivity contribution in [2.24, 2.45) is 0 Å². The summed E-state index contributed by atoms with van der Waals surface area (Å²) in [6, 6.07) is 3.70. The zero-order valence-corrected chi connectivity index (χ0v) is 14.0. The Bertz CT molecular complexity index is 791. The maximum Gasteiger partial charge on any atom is 0.405 e. The second kappa shape index (κ2) is 8.12. The molecule has 0 aliphatic carbocycles. The van der Waals surface area contributed by atoms with Gasteiger partial charge in [-0.3, -0.25) is 19.7 Å². The molecule has 0 aromatic heterocycles. The van der Waals surface area contributed by atoms with Crippen molar-refractivity contribution < 1.29 is 40.8 Å². The number of nitrogens with one attached hydrogen (secondary N) is 1. The van der Waals surface area contributed by atoms with Crippen molar-refractivity contribution in [1.29, 1.82) is 0 Å². The summed E-state index contributed by atoms with van der Waals surface area (Å²) >= 11 is 0. The molecule has 1 aromatic rings. The number of ether oxygens (including phenoxy) is 1. The van der Waals surface area contributed by atoms with Crippen LogP contribution in [0.5, 0.6) is 0 Å². The van der Waals surface area contributed by atoms with Gasteiger partial charge in [0.1, 0.15) is 6.54 Å². The number of carbonyl (C=O) groups excluding carboxylic acids is 2. The predicted molar refractivity (Wildman–Crippen MR) is 79.8 cm³/mol. The van der Waals surface area contributed by atoms with Gasteiger partial charge >= 0.3 is 12.1 Å². The first-order valence-corrected chi connectivity index (χ1v) is 8.37. The number of alkyl halides is 3. The molecule has 0 saturated heterocycles. The molecular weight excluding hydrogens is 385 g/mol. The number of carbonyl (C=O) groups is 2. The maximum absolute atomic E-state index is 12.2. The Balaban J connectivity index is 2.71. The molecule has 1 atom stereocenters. The number of nitro benzene ring substituents is 1. The summed E-state index contributed by atoms with van der Waals surface area (Å²) in [6.45, 7) is -1.76. The number of hydrogen-bond donors (Lipinski definition) is 1. The van der Waals surface area contributed by atoms with Crippen LogP contribution < -0.4 is 5.32 Å². The Labute approximate surface area is 145 Å². The average molecular weight is 398 g/mol. The molecule has 0 aliphatic rings. The van der Waals surface area contributed by atoms with Crippen molar-refractivity contribution in [2.45, 2.75) is 23.2 Å². The first-order chi connectivity index (χ1) is 11.8. The molecule has 0 unspecified atom stereocenters. The number of nitro groups is 1. The monoisotopic (exact) mass is 398 g/mol. The third kappa shape index (κ3) is 5.98. The van der Waals surface area contributed by atoms with Crippen LogP contribution in [0.4, 0.5) is 18.9 Å². The number of nitrogens with zero attached hydrogens (tertiary/aromatic N) is 1. The first kappa shape index (κ1) is 21.3. The Hall–Kier alpha value is -2.70. The van der Waals surface area contributed by atoms with E-state index >= 15 is 0 Å². The molecule has 1 amide bonds. The molecule has 0 radical (unpaired) electrons. The van der Waals surface area contributed by atoms with Gasteiger partial charge in [-0.1, -0.05) is 0 Å². The molecule has 1 rings (SSSR count). The molecule has 13 heteroatoms. The van der Waals surface area contributed by atoms with Crippen molar-refractivity contribution in [3.05, 3.63) is 34.4 Å². The van der Waals surface area contributed by atoms with E-state index in [0.29, 0.717) is 0 Å². The highest BCUT2D eigenvalue weighted by molar-refractivity contribution is 7.92. The number of amides is 1. The summed E-state index contributed by atoms with van der Waals surface area (Å²) in [5.41, 5.74) is -0.361. The van der Waals surface area contributed by atoms with Crippen LogP contribution in [0.25, 0.3) is 0 Å². The minimum atomic E-state index is -4.65. The molecule has 0 heterocycles. The highest BCUT2D eigenvalue weighted by Gasteiger charge is 2.32. The number of benzene rings is 1. The Morgan fingerprint density at radius 2 is 1.81 bits per heavy atom. The molecule has 144 valence electrons. The topological polar surface area (TPSA) is 133 Å². The fourth-order valence-corrected chi connectivity index (χ4v) is 2.84. The van der Waals surface area contributed by atoms with Crippen LogP contribution in [-0.4, -0.2) is 49.8 Å². The van der Waals surface area contributed by atoms with Gasteiger partial charge in [-0.15, -0.1) is 0 Å². The molecule has 26 heavy (non-hydrogen) atoms. The predicted octanol–water partition coefficient (Wildman–Crippen LogP) is 0.979. The van der Waals surface area contributed by atoms with E-state index in [-0.39, 0.29) is 5.69 Å². The highest BCUT2D eigenvalue weighted by Crippen LogP contribution is 2.20. The minimum absolute atomic E-state index is 0.361. The maximum atomic E-state index is 12.2. The van der Waals surface area contributed by atoms with Crippen molar-refractivity contribution >= 4 is 27.4 Å². The number of rotatable bonds is 7. The molecule has 1 N–H and O–H groups in total. The van der Waals surface area contributed by atoms with E-state index in [2.05, 4.69) is 4.74 Å². The van der Waals surface area contributed by atoms with Gasteiger partial charge in [-0.05, 0) is 19.1 Å². The molecule has 0 aliphatic heterocycles. The fraction of sp³-hybridized carbons (Fsp3) is 0.385. The molecule has 0 saturated carbocycles. The lowest BCUT2D eigenvalue weighted by Gasteiger charge is -2.13. The largest absolute Gasteiger partial charge is 0.455 e. The standard InChI is InChI=1S/C13H13F3N2O7S/c1-8(12(20)25-6-11(19)17-7-13(14,15)16)26(23,24)10-4-2-9(3-5-10)18(21)22/h2-5,8H,6-7H2,1H3,(H,17,19)/t8-/m1/s1. The average Bonchev–Trinajstić information content (AvgIpc) is 2.56. The lowest BCUT2D eigenvalue weighted by Crippen LogP contribution is -2.38. The normalized spacial score (nSPS) is 12.9. The lowest BCUT2D eigenvalue weighted by molar-refractivity contribution is -0.384. The van der Waals surface area contributed by atoms with Gasteiger partial charge in [0.25, 0.3) is 11.6 Å². The van der Waals surface area contributed by atoms with Crippen LogP contribution >= 0.6 is 0 Å². The smallest absolute Gasteiger partial charge is 0.405 e. The highest BCUT2D eigenvalue weighted by atomic mass is 32.2. The van der Waals surface area contributed by atoms with Gasteiger partial charge in [0.15, 0.2) is 21.7 Å². The summed E-state index contributed by atoms with van der Waals surface area (Å²) in [4.78, 5) is 32.3. The van der Waals surface area contributed by atoms with Crippen LogP contribution in [0.1, 0.15) is 6.92 Å². The van der Waals surface area contributed by atoms with E-state index in [0.717, 1.165) is 31.2 Å². The number of hydrogen-bond acceptors (Lipinski definition) is 7. The van der Waals surface area contributed by atoms with Crippen LogP contribution in [0.15, 0.2) is 29.2 Å². The Kier molecular flexibility index (Phi) is 6.66. The lowest BCUT2D eigenvalue weighted by atomic mass is 10.3. The summed E-state index contributed by atoms with van der Waals surface area (Å²) in [5, 5.41) is 10.2. The summed E-state index contributed by atoms with van der Waals surface area (Å²) in [6.07, 6.45) is -4.65. The quantitative estimate of drug-likeness (QED) is 0.411. The SMILES string of the molecule is C[C@H](C(=O)OCC(=O)NCC(F)(F)F)S(=O)(=O)c1ccc([N+](=O)[O-])cc1. The van der Waals surface area contributed by atoms with Crippen molar-refractivity contribution in [3.63, 3.8) is 0 Å². The molecule has 9 nitrogen and oxygen atoms in total. The molecule has 0 spiro atoms. The van der Waals surface area contributed by atoms with Gasteiger partial charge in [0.05, 0.1) is 9.82 Å². The van der Waals surface area contributed by atoms with Crippen LogP contribution in [0.2, 0.25) is 0 Å². The van der Waals surface area contributed by atoms with Crippen LogP contribution in [0.3, 0.4) is 0 Å². The third-order valence-corrected chi connectivity index (χ3v) is 5.06. The fourth-order valence-electron chi connectivity index (χ4n) is 1.59. The second-order valence-corrected chi connectivity index (χ2v) is 7.21. The zero-order valence-electron chi connectivity index (χ0n) is 13.1. The molecule has 0 bridgehead atoms. The number of non-ortho nitro benzene ring substituents is 1. The van der Waals surface area contributed by atoms with E-state index in [4.69, 9.17) is 0 Å². The van der Waals surface area contributed by atoms with E-state index in [1.165, 1.54) is 5.32 Å². The number of halogens is 3. The van der Waals surface area contributed by atoms with Crippen molar-refractivity contribution in [2.75, 3.05) is 13.2 Å². The third-order valence-electron chi connectivity index (χ3n) is 3.00. The van der Waals surface area contributed by atoms with Gasteiger partial charge in [0, 0.05) is 12.1 Å². The Morgan fingerprint density at radius 1 is 1.27 bits per heavy atom. The van der Waals surface area contributed by atoms with Gasteiger partial charge in [-0.25, -0.2) is 8.42 Å². The van der Waals surface area contributed by atoms with E-state index in [1.54, 1.807) is 0 Å². The summed E-state index contributed by atoms with van der Waals surface area (Å²) in [5.74, 6) is -2.61. The van der Waals surface area contributed by atoms with Crippen LogP contribution in [-0.2, 0) is 24.2 Å². The van der Waals surface area contributed by atoms with Crippen molar-refractivity contribution in [1.82, 2.24) is 5.32 Å². The number of esters is 1. The van der Waals surface area contributed by atoms with Gasteiger partial charge in [-0.2, -0.15) is 13.2 Å². The zero-order chi connectivity index (χ0) is 20.1. The number of sulfone groups is 1. The molecule has 0 fully saturated rings. The minimum Gasteiger partial charge on any atom is -0.455 e. The van der Waals surface area contributed by atoms with Crippen molar-refractivity contribution in [3.8, 4) is 0 Å². The Morgan fingerprint density at radius 3 is 2.27 bits per heavy atom. The van der Waals surface area contributed by atoms with Crippen LogP contribution in [0, 0.1) is 10.1 Å². The van der Waals surface area contributed by atoms with E-state index < -0.39 is 56.1 Å². The second-order valence-electron chi connectivity index (χ2n) is 4.94.